The fraction of sp³-hybridized carbons (Fsp3) is 0.476. The summed E-state index contributed by atoms with van der Waals surface area (Å²) in [6.07, 6.45) is 3.66. The molecular formula is C21H28N3O3S+. The van der Waals surface area contributed by atoms with Crippen molar-refractivity contribution in [2.24, 2.45) is 0 Å². The molecule has 0 atom stereocenters. The molecule has 4 rings (SSSR count). The first kappa shape index (κ1) is 19.4. The Morgan fingerprint density at radius 1 is 0.893 bits per heavy atom. The normalized spacial score (nSPS) is 19.8. The molecular weight excluding hydrogens is 374 g/mol. The second-order valence-corrected chi connectivity index (χ2v) is 9.72. The third kappa shape index (κ3) is 4.06. The summed E-state index contributed by atoms with van der Waals surface area (Å²) in [7, 11) is -3.54. The zero-order valence-electron chi connectivity index (χ0n) is 16.1. The van der Waals surface area contributed by atoms with Crippen LogP contribution in [0.2, 0.25) is 0 Å². The van der Waals surface area contributed by atoms with Gasteiger partial charge >= 0.3 is 0 Å². The van der Waals surface area contributed by atoms with Crippen molar-refractivity contribution in [3.8, 4) is 0 Å². The number of piperazine rings is 1. The van der Waals surface area contributed by atoms with E-state index in [1.54, 1.807) is 12.1 Å². The first-order valence-electron chi connectivity index (χ1n) is 10.1. The molecule has 28 heavy (non-hydrogen) atoms. The molecule has 2 saturated heterocycles. The summed E-state index contributed by atoms with van der Waals surface area (Å²) < 4.78 is 27.6. The van der Waals surface area contributed by atoms with E-state index in [0.717, 1.165) is 23.9 Å². The number of sulfonamides is 1. The van der Waals surface area contributed by atoms with Crippen LogP contribution in [-0.4, -0.2) is 69.3 Å². The third-order valence-electron chi connectivity index (χ3n) is 5.91. The van der Waals surface area contributed by atoms with Crippen molar-refractivity contribution >= 4 is 26.7 Å². The van der Waals surface area contributed by atoms with Crippen LogP contribution >= 0.6 is 0 Å². The van der Waals surface area contributed by atoms with Crippen LogP contribution in [-0.2, 0) is 14.8 Å². The number of likely N-dealkylation sites (tertiary alicyclic amines) is 1. The van der Waals surface area contributed by atoms with Crippen LogP contribution in [0.1, 0.15) is 19.3 Å². The van der Waals surface area contributed by atoms with Crippen LogP contribution < -0.4 is 4.90 Å². The van der Waals surface area contributed by atoms with Crippen molar-refractivity contribution in [3.05, 3.63) is 42.5 Å². The van der Waals surface area contributed by atoms with Gasteiger partial charge in [0.15, 0.2) is 6.54 Å². The predicted octanol–water partition coefficient (Wildman–Crippen LogP) is 0.742. The minimum Gasteiger partial charge on any atom is -0.335 e. The van der Waals surface area contributed by atoms with Gasteiger partial charge in [0.05, 0.1) is 18.0 Å². The van der Waals surface area contributed by atoms with Gasteiger partial charge in [-0.2, -0.15) is 4.31 Å². The SMILES string of the molecule is O=C(C[NH+]1CCCCC1)N1CCN(S(=O)(=O)c2ccc3ccccc3c2)CC1. The summed E-state index contributed by atoms with van der Waals surface area (Å²) in [6, 6.07) is 13.0. The van der Waals surface area contributed by atoms with Gasteiger partial charge in [0.25, 0.3) is 5.91 Å². The number of carbonyl (C=O) groups is 1. The van der Waals surface area contributed by atoms with Gasteiger partial charge in [0.2, 0.25) is 10.0 Å². The van der Waals surface area contributed by atoms with E-state index < -0.39 is 10.0 Å². The Hall–Kier alpha value is -1.96. The number of amides is 1. The maximum Gasteiger partial charge on any atom is 0.277 e. The second kappa shape index (κ2) is 8.19. The van der Waals surface area contributed by atoms with E-state index in [4.69, 9.17) is 0 Å². The average molecular weight is 403 g/mol. The number of nitrogens with zero attached hydrogens (tertiary/aromatic N) is 2. The molecule has 7 heteroatoms. The van der Waals surface area contributed by atoms with Gasteiger partial charge in [-0.3, -0.25) is 4.79 Å². The smallest absolute Gasteiger partial charge is 0.277 e. The van der Waals surface area contributed by atoms with Crippen LogP contribution in [0.3, 0.4) is 0 Å². The number of carbonyl (C=O) groups excluding carboxylic acids is 1. The summed E-state index contributed by atoms with van der Waals surface area (Å²) in [5.41, 5.74) is 0. The quantitative estimate of drug-likeness (QED) is 0.821. The number of rotatable bonds is 4. The first-order valence-corrected chi connectivity index (χ1v) is 11.6. The Kier molecular flexibility index (Phi) is 5.66. The average Bonchev–Trinajstić information content (AvgIpc) is 2.74. The van der Waals surface area contributed by atoms with Crippen molar-refractivity contribution in [2.45, 2.75) is 24.2 Å². The highest BCUT2D eigenvalue weighted by molar-refractivity contribution is 7.89. The fourth-order valence-electron chi connectivity index (χ4n) is 4.21. The zero-order valence-corrected chi connectivity index (χ0v) is 17.0. The molecule has 0 spiro atoms. The Morgan fingerprint density at radius 2 is 1.57 bits per heavy atom. The van der Waals surface area contributed by atoms with Crippen LogP contribution in [0.5, 0.6) is 0 Å². The lowest BCUT2D eigenvalue weighted by atomic mass is 10.1. The van der Waals surface area contributed by atoms with Crippen molar-refractivity contribution in [1.29, 1.82) is 0 Å². The van der Waals surface area contributed by atoms with Gasteiger partial charge in [0.1, 0.15) is 0 Å². The molecule has 2 aromatic rings. The maximum atomic E-state index is 13.0. The van der Waals surface area contributed by atoms with Gasteiger partial charge in [-0.25, -0.2) is 8.42 Å². The molecule has 1 N–H and O–H groups in total. The minimum absolute atomic E-state index is 0.152. The highest BCUT2D eigenvalue weighted by Crippen LogP contribution is 2.22. The van der Waals surface area contributed by atoms with E-state index in [0.29, 0.717) is 37.6 Å². The van der Waals surface area contributed by atoms with Gasteiger partial charge in [-0.15, -0.1) is 0 Å². The lowest BCUT2D eigenvalue weighted by molar-refractivity contribution is -0.897. The van der Waals surface area contributed by atoms with Crippen LogP contribution in [0.15, 0.2) is 47.4 Å². The molecule has 0 bridgehead atoms. The molecule has 6 nitrogen and oxygen atoms in total. The van der Waals surface area contributed by atoms with E-state index in [-0.39, 0.29) is 5.91 Å². The lowest BCUT2D eigenvalue weighted by Gasteiger charge is -2.35. The molecule has 2 aliphatic rings. The van der Waals surface area contributed by atoms with Gasteiger partial charge in [-0.1, -0.05) is 30.3 Å². The predicted molar refractivity (Wildman–Crippen MR) is 109 cm³/mol. The number of nitrogens with one attached hydrogen (secondary N) is 1. The maximum absolute atomic E-state index is 13.0. The van der Waals surface area contributed by atoms with Gasteiger partial charge in [0, 0.05) is 26.2 Å². The van der Waals surface area contributed by atoms with E-state index in [1.807, 2.05) is 35.2 Å². The Morgan fingerprint density at radius 3 is 2.29 bits per heavy atom. The first-order chi connectivity index (χ1) is 13.5. The zero-order chi connectivity index (χ0) is 19.6. The Labute approximate surface area is 166 Å². The second-order valence-electron chi connectivity index (χ2n) is 7.78. The van der Waals surface area contributed by atoms with E-state index in [9.17, 15) is 13.2 Å². The largest absolute Gasteiger partial charge is 0.335 e. The van der Waals surface area contributed by atoms with Gasteiger partial charge in [-0.05, 0) is 42.2 Å². The topological polar surface area (TPSA) is 62.1 Å². The van der Waals surface area contributed by atoms with E-state index >= 15 is 0 Å². The summed E-state index contributed by atoms with van der Waals surface area (Å²) >= 11 is 0. The molecule has 1 amide bonds. The van der Waals surface area contributed by atoms with Gasteiger partial charge < -0.3 is 9.80 Å². The molecule has 0 unspecified atom stereocenters. The monoisotopic (exact) mass is 402 g/mol. The minimum atomic E-state index is -3.54. The van der Waals surface area contributed by atoms with Crippen LogP contribution in [0, 0.1) is 0 Å². The van der Waals surface area contributed by atoms with E-state index in [1.165, 1.54) is 28.5 Å². The highest BCUT2D eigenvalue weighted by atomic mass is 32.2. The molecule has 2 aliphatic heterocycles. The molecule has 2 heterocycles. The highest BCUT2D eigenvalue weighted by Gasteiger charge is 2.31. The number of benzene rings is 2. The van der Waals surface area contributed by atoms with Crippen molar-refractivity contribution < 1.29 is 18.1 Å². The van der Waals surface area contributed by atoms with Crippen molar-refractivity contribution in [3.63, 3.8) is 0 Å². The molecule has 0 saturated carbocycles. The molecule has 2 aromatic carbocycles. The van der Waals surface area contributed by atoms with Crippen molar-refractivity contribution in [1.82, 2.24) is 9.21 Å². The summed E-state index contributed by atoms with van der Waals surface area (Å²) in [5.74, 6) is 0.152. The number of hydrogen-bond acceptors (Lipinski definition) is 3. The lowest BCUT2D eigenvalue weighted by Crippen LogP contribution is -3.13. The number of quaternary nitrogens is 1. The van der Waals surface area contributed by atoms with Crippen LogP contribution in [0.25, 0.3) is 10.8 Å². The number of piperidine rings is 1. The molecule has 0 aromatic heterocycles. The van der Waals surface area contributed by atoms with Crippen molar-refractivity contribution in [2.75, 3.05) is 45.8 Å². The third-order valence-corrected chi connectivity index (χ3v) is 7.81. The van der Waals surface area contributed by atoms with Crippen LogP contribution in [0.4, 0.5) is 0 Å². The number of hydrogen-bond donors (Lipinski definition) is 1. The summed E-state index contributed by atoms with van der Waals surface area (Å²) in [4.78, 5) is 16.1. The summed E-state index contributed by atoms with van der Waals surface area (Å²) in [5, 5.41) is 1.94. The standard InChI is InChI=1S/C21H27N3O3S/c25-21(17-22-10-4-1-5-11-22)23-12-14-24(15-13-23)28(26,27)20-9-8-18-6-2-3-7-19(18)16-20/h2-3,6-9,16H,1,4-5,10-15,17H2/p+1. The Bertz CT molecular complexity index is 946. The van der Waals surface area contributed by atoms with E-state index in [2.05, 4.69) is 0 Å². The Balaban J connectivity index is 1.39. The molecule has 150 valence electrons. The molecule has 2 fully saturated rings. The summed E-state index contributed by atoms with van der Waals surface area (Å²) in [6.45, 7) is 4.34. The fourth-order valence-corrected chi connectivity index (χ4v) is 5.67. The molecule has 0 radical (unpaired) electrons. The number of fused-ring (bicyclic) bond motifs is 1. The molecule has 0 aliphatic carbocycles.